The monoisotopic (exact) mass is 382 g/mol. The van der Waals surface area contributed by atoms with Gasteiger partial charge in [-0.05, 0) is 24.6 Å². The zero-order chi connectivity index (χ0) is 20.3. The molecule has 0 aliphatic carbocycles. The second kappa shape index (κ2) is 8.04. The van der Waals surface area contributed by atoms with Gasteiger partial charge >= 0.3 is 0 Å². The maximum absolute atomic E-state index is 12.7. The van der Waals surface area contributed by atoms with Crippen LogP contribution in [-0.4, -0.2) is 44.6 Å². The van der Waals surface area contributed by atoms with Gasteiger partial charge in [0, 0.05) is 30.9 Å². The minimum absolute atomic E-state index is 0.201. The van der Waals surface area contributed by atoms with E-state index in [4.69, 9.17) is 14.2 Å². The number of nitrogens with one attached hydrogen (secondary N) is 1. The normalized spacial score (nSPS) is 13.8. The molecule has 3 rings (SSSR count). The van der Waals surface area contributed by atoms with E-state index in [1.165, 1.54) is 7.05 Å². The molecule has 2 aromatic carbocycles. The highest BCUT2D eigenvalue weighted by Crippen LogP contribution is 2.33. The van der Waals surface area contributed by atoms with E-state index in [0.717, 1.165) is 4.90 Å². The second-order valence-electron chi connectivity index (χ2n) is 6.10. The van der Waals surface area contributed by atoms with Gasteiger partial charge in [0.05, 0.1) is 26.4 Å². The Morgan fingerprint density at radius 2 is 1.50 bits per heavy atom. The highest BCUT2D eigenvalue weighted by molar-refractivity contribution is 6.36. The SMILES string of the molecule is CCOc1ccc(C2=C(Nc3cc(OC)cc(OC)c3)C(=O)N(C)C2=O)cc1. The molecule has 146 valence electrons. The Kier molecular flexibility index (Phi) is 5.54. The summed E-state index contributed by atoms with van der Waals surface area (Å²) >= 11 is 0. The molecule has 0 aromatic heterocycles. The number of rotatable bonds is 7. The third kappa shape index (κ3) is 3.64. The van der Waals surface area contributed by atoms with Crippen LogP contribution in [-0.2, 0) is 9.59 Å². The van der Waals surface area contributed by atoms with Crippen LogP contribution in [0.2, 0.25) is 0 Å². The summed E-state index contributed by atoms with van der Waals surface area (Å²) in [4.78, 5) is 26.5. The first kappa shape index (κ1) is 19.3. The number of hydrogen-bond acceptors (Lipinski definition) is 6. The van der Waals surface area contributed by atoms with E-state index in [0.29, 0.717) is 40.7 Å². The van der Waals surface area contributed by atoms with Crippen molar-refractivity contribution in [3.05, 3.63) is 53.7 Å². The molecule has 0 fully saturated rings. The Hall–Kier alpha value is -3.48. The van der Waals surface area contributed by atoms with E-state index >= 15 is 0 Å². The number of benzene rings is 2. The number of hydrogen-bond donors (Lipinski definition) is 1. The molecule has 0 saturated heterocycles. The molecule has 0 saturated carbocycles. The molecule has 1 N–H and O–H groups in total. The van der Waals surface area contributed by atoms with Gasteiger partial charge in [0.25, 0.3) is 11.8 Å². The maximum Gasteiger partial charge on any atom is 0.277 e. The number of nitrogens with zero attached hydrogens (tertiary/aromatic N) is 1. The summed E-state index contributed by atoms with van der Waals surface area (Å²) in [5.74, 6) is 1.05. The van der Waals surface area contributed by atoms with Crippen LogP contribution in [0.25, 0.3) is 5.57 Å². The number of methoxy groups -OCH3 is 2. The average Bonchev–Trinajstić information content (AvgIpc) is 2.92. The summed E-state index contributed by atoms with van der Waals surface area (Å²) in [6, 6.07) is 12.2. The second-order valence-corrected chi connectivity index (χ2v) is 6.10. The molecule has 0 spiro atoms. The van der Waals surface area contributed by atoms with E-state index in [-0.39, 0.29) is 11.6 Å². The van der Waals surface area contributed by atoms with Crippen molar-refractivity contribution in [2.45, 2.75) is 6.92 Å². The summed E-state index contributed by atoms with van der Waals surface area (Å²) in [5.41, 5.74) is 1.71. The largest absolute Gasteiger partial charge is 0.497 e. The Bertz CT molecular complexity index is 912. The van der Waals surface area contributed by atoms with E-state index < -0.39 is 5.91 Å². The smallest absolute Gasteiger partial charge is 0.277 e. The molecule has 2 amide bonds. The Morgan fingerprint density at radius 3 is 2.04 bits per heavy atom. The molecular weight excluding hydrogens is 360 g/mol. The van der Waals surface area contributed by atoms with Crippen molar-refractivity contribution in [3.63, 3.8) is 0 Å². The van der Waals surface area contributed by atoms with Crippen LogP contribution in [0.5, 0.6) is 17.2 Å². The van der Waals surface area contributed by atoms with Gasteiger partial charge in [0.2, 0.25) is 0 Å². The van der Waals surface area contributed by atoms with Crippen molar-refractivity contribution in [2.75, 3.05) is 33.2 Å². The minimum atomic E-state index is -0.407. The van der Waals surface area contributed by atoms with Crippen molar-refractivity contribution in [2.24, 2.45) is 0 Å². The van der Waals surface area contributed by atoms with Crippen molar-refractivity contribution in [1.82, 2.24) is 4.90 Å². The molecule has 7 heteroatoms. The number of carbonyl (C=O) groups excluding carboxylic acids is 2. The lowest BCUT2D eigenvalue weighted by molar-refractivity contribution is -0.135. The fourth-order valence-corrected chi connectivity index (χ4v) is 2.93. The molecule has 28 heavy (non-hydrogen) atoms. The molecule has 2 aromatic rings. The van der Waals surface area contributed by atoms with Gasteiger partial charge in [0.1, 0.15) is 22.9 Å². The van der Waals surface area contributed by atoms with Crippen LogP contribution in [0.15, 0.2) is 48.2 Å². The van der Waals surface area contributed by atoms with Crippen molar-refractivity contribution >= 4 is 23.1 Å². The molecular formula is C21H22N2O5. The van der Waals surface area contributed by atoms with E-state index in [1.807, 2.05) is 6.92 Å². The van der Waals surface area contributed by atoms with Gasteiger partial charge in [-0.25, -0.2) is 0 Å². The zero-order valence-corrected chi connectivity index (χ0v) is 16.2. The third-order valence-electron chi connectivity index (χ3n) is 4.36. The van der Waals surface area contributed by atoms with Gasteiger partial charge in [0.15, 0.2) is 0 Å². The maximum atomic E-state index is 12.7. The summed E-state index contributed by atoms with van der Waals surface area (Å²) in [7, 11) is 4.54. The molecule has 0 radical (unpaired) electrons. The Labute approximate surface area is 163 Å². The summed E-state index contributed by atoms with van der Waals surface area (Å²) in [5, 5.41) is 3.07. The van der Waals surface area contributed by atoms with Gasteiger partial charge < -0.3 is 19.5 Å². The van der Waals surface area contributed by atoms with Crippen LogP contribution in [0, 0.1) is 0 Å². The first-order valence-electron chi connectivity index (χ1n) is 8.78. The topological polar surface area (TPSA) is 77.1 Å². The number of anilines is 1. The Morgan fingerprint density at radius 1 is 0.893 bits per heavy atom. The predicted molar refractivity (Wildman–Crippen MR) is 105 cm³/mol. The highest BCUT2D eigenvalue weighted by Gasteiger charge is 2.36. The standard InChI is InChI=1S/C21H22N2O5/c1-5-28-15-8-6-13(7-9-15)18-19(21(25)23(2)20(18)24)22-14-10-16(26-3)12-17(11-14)27-4/h6-12,22H,5H2,1-4H3. The first-order valence-corrected chi connectivity index (χ1v) is 8.78. The fourth-order valence-electron chi connectivity index (χ4n) is 2.93. The number of likely N-dealkylation sites (N-methyl/N-ethyl adjacent to an activating group) is 1. The van der Waals surface area contributed by atoms with Crippen LogP contribution >= 0.6 is 0 Å². The average molecular weight is 382 g/mol. The number of carbonyl (C=O) groups is 2. The molecule has 0 atom stereocenters. The number of ether oxygens (including phenoxy) is 3. The van der Waals surface area contributed by atoms with Gasteiger partial charge in [-0.1, -0.05) is 12.1 Å². The van der Waals surface area contributed by atoms with Crippen LogP contribution in [0.1, 0.15) is 12.5 Å². The van der Waals surface area contributed by atoms with Gasteiger partial charge in [-0.2, -0.15) is 0 Å². The van der Waals surface area contributed by atoms with E-state index in [1.54, 1.807) is 56.7 Å². The number of imide groups is 1. The Balaban J connectivity index is 2.03. The minimum Gasteiger partial charge on any atom is -0.497 e. The lowest BCUT2D eigenvalue weighted by Crippen LogP contribution is -2.27. The third-order valence-corrected chi connectivity index (χ3v) is 4.36. The van der Waals surface area contributed by atoms with Crippen molar-refractivity contribution in [1.29, 1.82) is 0 Å². The lowest BCUT2D eigenvalue weighted by atomic mass is 10.0. The first-order chi connectivity index (χ1) is 13.5. The summed E-state index contributed by atoms with van der Waals surface area (Å²) < 4.78 is 16.0. The lowest BCUT2D eigenvalue weighted by Gasteiger charge is -2.12. The number of amides is 2. The molecule has 1 aliphatic heterocycles. The van der Waals surface area contributed by atoms with E-state index in [2.05, 4.69) is 5.32 Å². The van der Waals surface area contributed by atoms with Crippen molar-refractivity contribution in [3.8, 4) is 17.2 Å². The predicted octanol–water partition coefficient (Wildman–Crippen LogP) is 2.92. The quantitative estimate of drug-likeness (QED) is 0.742. The summed E-state index contributed by atoms with van der Waals surface area (Å²) in [6.45, 7) is 2.45. The van der Waals surface area contributed by atoms with Crippen LogP contribution in [0.3, 0.4) is 0 Å². The molecule has 1 aliphatic rings. The molecule has 0 unspecified atom stereocenters. The van der Waals surface area contributed by atoms with Gasteiger partial charge in [-0.3, -0.25) is 14.5 Å². The molecule has 7 nitrogen and oxygen atoms in total. The molecule has 1 heterocycles. The van der Waals surface area contributed by atoms with Crippen molar-refractivity contribution < 1.29 is 23.8 Å². The molecule has 0 bridgehead atoms. The fraction of sp³-hybridized carbons (Fsp3) is 0.238. The summed E-state index contributed by atoms with van der Waals surface area (Å²) in [6.07, 6.45) is 0. The van der Waals surface area contributed by atoms with Crippen LogP contribution in [0.4, 0.5) is 5.69 Å². The van der Waals surface area contributed by atoms with E-state index in [9.17, 15) is 9.59 Å². The van der Waals surface area contributed by atoms with Gasteiger partial charge in [-0.15, -0.1) is 0 Å². The highest BCUT2D eigenvalue weighted by atomic mass is 16.5. The zero-order valence-electron chi connectivity index (χ0n) is 16.2. The van der Waals surface area contributed by atoms with Crippen LogP contribution < -0.4 is 19.5 Å².